The Labute approximate surface area is 124 Å². The molecule has 2 fully saturated rings. The highest BCUT2D eigenvalue weighted by molar-refractivity contribution is 7.22. The van der Waals surface area contributed by atoms with Crippen molar-refractivity contribution in [1.82, 2.24) is 9.88 Å². The molecule has 20 heavy (non-hydrogen) atoms. The minimum atomic E-state index is -0.189. The van der Waals surface area contributed by atoms with E-state index in [1.54, 1.807) is 16.2 Å². The Bertz CT molecular complexity index is 689. The van der Waals surface area contributed by atoms with Crippen LogP contribution in [0.15, 0.2) is 18.2 Å². The molecule has 2 aromatic rings. The first kappa shape index (κ1) is 12.2. The fraction of sp³-hybridized carbons (Fsp3) is 0.385. The second-order valence-electron chi connectivity index (χ2n) is 4.98. The summed E-state index contributed by atoms with van der Waals surface area (Å²) in [5, 5.41) is 1.72. The van der Waals surface area contributed by atoms with Gasteiger partial charge < -0.3 is 9.64 Å². The van der Waals surface area contributed by atoms with E-state index < -0.39 is 0 Å². The van der Waals surface area contributed by atoms with Gasteiger partial charge in [0.1, 0.15) is 6.61 Å². The molecule has 0 bridgehead atoms. The third kappa shape index (κ3) is 1.91. The van der Waals surface area contributed by atoms with Crippen LogP contribution < -0.4 is 4.90 Å². The Morgan fingerprint density at radius 3 is 3.20 bits per heavy atom. The molecule has 104 valence electrons. The molecule has 4 rings (SSSR count). The highest BCUT2D eigenvalue weighted by Crippen LogP contribution is 2.32. The van der Waals surface area contributed by atoms with Crippen molar-refractivity contribution >= 4 is 44.4 Å². The van der Waals surface area contributed by atoms with Gasteiger partial charge in [0.2, 0.25) is 0 Å². The minimum absolute atomic E-state index is 0.145. The van der Waals surface area contributed by atoms with Gasteiger partial charge in [-0.05, 0) is 18.2 Å². The molecule has 2 aliphatic heterocycles. The summed E-state index contributed by atoms with van der Waals surface area (Å²) in [7, 11) is 0. The van der Waals surface area contributed by atoms with Crippen LogP contribution in [0.5, 0.6) is 0 Å². The monoisotopic (exact) mass is 309 g/mol. The van der Waals surface area contributed by atoms with Crippen molar-refractivity contribution in [3.63, 3.8) is 0 Å². The summed E-state index contributed by atoms with van der Waals surface area (Å²) in [4.78, 5) is 20.2. The van der Waals surface area contributed by atoms with Crippen LogP contribution in [0.25, 0.3) is 10.2 Å². The van der Waals surface area contributed by atoms with Gasteiger partial charge in [0, 0.05) is 24.7 Å². The molecule has 2 aliphatic rings. The third-order valence-corrected chi connectivity index (χ3v) is 5.04. The van der Waals surface area contributed by atoms with Crippen molar-refractivity contribution in [2.24, 2.45) is 0 Å². The summed E-state index contributed by atoms with van der Waals surface area (Å²) in [6.45, 7) is 2.74. The number of anilines is 1. The summed E-state index contributed by atoms with van der Waals surface area (Å²) >= 11 is 7.65. The van der Waals surface area contributed by atoms with Gasteiger partial charge in [0.05, 0.1) is 16.3 Å². The lowest BCUT2D eigenvalue weighted by atomic mass is 10.2. The number of aromatic nitrogens is 1. The molecule has 0 spiro atoms. The number of hydrogen-bond donors (Lipinski definition) is 0. The molecule has 1 aromatic heterocycles. The molecule has 3 heterocycles. The predicted octanol–water partition coefficient (Wildman–Crippen LogP) is 2.59. The van der Waals surface area contributed by atoms with Gasteiger partial charge in [-0.15, -0.1) is 0 Å². The number of nitrogens with zero attached hydrogens (tertiary/aromatic N) is 3. The van der Waals surface area contributed by atoms with Crippen molar-refractivity contribution in [3.05, 3.63) is 23.2 Å². The summed E-state index contributed by atoms with van der Waals surface area (Å²) in [6, 6.07) is 5.88. The third-order valence-electron chi connectivity index (χ3n) is 3.73. The van der Waals surface area contributed by atoms with Crippen LogP contribution in [-0.2, 0) is 4.74 Å². The standard InChI is InChI=1S/C13H12ClN3O2S/c14-8-1-2-10-11(5-8)20-12(15-10)16-3-4-17-9(6-16)7-19-13(17)18/h1-2,5,9H,3-4,6-7H2/t9-/m1/s1. The molecule has 1 aromatic carbocycles. The maximum Gasteiger partial charge on any atom is 0.410 e. The number of ether oxygens (including phenoxy) is 1. The van der Waals surface area contributed by atoms with Gasteiger partial charge in [0.15, 0.2) is 5.13 Å². The Morgan fingerprint density at radius 2 is 2.30 bits per heavy atom. The number of rotatable bonds is 1. The van der Waals surface area contributed by atoms with E-state index in [2.05, 4.69) is 9.88 Å². The molecular weight excluding hydrogens is 298 g/mol. The van der Waals surface area contributed by atoms with Crippen molar-refractivity contribution in [3.8, 4) is 0 Å². The molecular formula is C13H12ClN3O2S. The number of cyclic esters (lactones) is 1. The Kier molecular flexibility index (Phi) is 2.75. The molecule has 2 saturated heterocycles. The zero-order chi connectivity index (χ0) is 13.7. The van der Waals surface area contributed by atoms with Gasteiger partial charge in [-0.3, -0.25) is 4.90 Å². The first-order valence-corrected chi connectivity index (χ1v) is 7.64. The highest BCUT2D eigenvalue weighted by Gasteiger charge is 2.38. The lowest BCUT2D eigenvalue weighted by Gasteiger charge is -2.35. The van der Waals surface area contributed by atoms with E-state index in [0.717, 1.165) is 33.5 Å². The molecule has 0 saturated carbocycles. The van der Waals surface area contributed by atoms with E-state index in [9.17, 15) is 4.79 Å². The van der Waals surface area contributed by atoms with Crippen LogP contribution in [0.3, 0.4) is 0 Å². The zero-order valence-corrected chi connectivity index (χ0v) is 12.2. The van der Waals surface area contributed by atoms with Crippen molar-refractivity contribution in [2.75, 3.05) is 31.1 Å². The molecule has 7 heteroatoms. The van der Waals surface area contributed by atoms with E-state index in [4.69, 9.17) is 16.3 Å². The van der Waals surface area contributed by atoms with E-state index in [1.807, 2.05) is 18.2 Å². The van der Waals surface area contributed by atoms with Crippen LogP contribution in [0.1, 0.15) is 0 Å². The number of carbonyl (C=O) groups excluding carboxylic acids is 1. The van der Waals surface area contributed by atoms with Crippen LogP contribution in [0, 0.1) is 0 Å². The average Bonchev–Trinajstić information content (AvgIpc) is 3.02. The zero-order valence-electron chi connectivity index (χ0n) is 10.6. The fourth-order valence-electron chi connectivity index (χ4n) is 2.68. The Hall–Kier alpha value is -1.53. The van der Waals surface area contributed by atoms with Crippen molar-refractivity contribution in [2.45, 2.75) is 6.04 Å². The Balaban J connectivity index is 1.62. The molecule has 0 unspecified atom stereocenters. The maximum absolute atomic E-state index is 11.5. The Morgan fingerprint density at radius 1 is 1.40 bits per heavy atom. The number of halogens is 1. The second-order valence-corrected chi connectivity index (χ2v) is 6.42. The van der Waals surface area contributed by atoms with Crippen LogP contribution in [-0.4, -0.2) is 48.3 Å². The molecule has 1 atom stereocenters. The van der Waals surface area contributed by atoms with Gasteiger partial charge >= 0.3 is 6.09 Å². The maximum atomic E-state index is 11.5. The second kappa shape index (κ2) is 4.49. The molecule has 1 amide bonds. The van der Waals surface area contributed by atoms with Gasteiger partial charge in [0.25, 0.3) is 0 Å². The molecule has 5 nitrogen and oxygen atoms in total. The lowest BCUT2D eigenvalue weighted by molar-refractivity contribution is 0.157. The number of hydrogen-bond acceptors (Lipinski definition) is 5. The van der Waals surface area contributed by atoms with E-state index >= 15 is 0 Å². The highest BCUT2D eigenvalue weighted by atomic mass is 35.5. The van der Waals surface area contributed by atoms with E-state index in [0.29, 0.717) is 13.2 Å². The van der Waals surface area contributed by atoms with E-state index in [1.165, 1.54) is 0 Å². The number of fused-ring (bicyclic) bond motifs is 2. The minimum Gasteiger partial charge on any atom is -0.447 e. The average molecular weight is 310 g/mol. The van der Waals surface area contributed by atoms with E-state index in [-0.39, 0.29) is 12.1 Å². The smallest absolute Gasteiger partial charge is 0.410 e. The summed E-state index contributed by atoms with van der Waals surface area (Å²) in [5.41, 5.74) is 0.968. The van der Waals surface area contributed by atoms with Crippen LogP contribution >= 0.6 is 22.9 Å². The summed E-state index contributed by atoms with van der Waals surface area (Å²) < 4.78 is 6.18. The number of thiazole rings is 1. The van der Waals surface area contributed by atoms with Crippen molar-refractivity contribution < 1.29 is 9.53 Å². The number of benzene rings is 1. The van der Waals surface area contributed by atoms with Crippen LogP contribution in [0.2, 0.25) is 5.02 Å². The first-order valence-electron chi connectivity index (χ1n) is 6.45. The summed E-state index contributed by atoms with van der Waals surface area (Å²) in [5.74, 6) is 0. The fourth-order valence-corrected chi connectivity index (χ4v) is 3.96. The quantitative estimate of drug-likeness (QED) is 0.812. The largest absolute Gasteiger partial charge is 0.447 e. The molecule has 0 radical (unpaired) electrons. The topological polar surface area (TPSA) is 45.7 Å². The van der Waals surface area contributed by atoms with Gasteiger partial charge in [-0.1, -0.05) is 22.9 Å². The number of amides is 1. The first-order chi connectivity index (χ1) is 9.70. The van der Waals surface area contributed by atoms with Crippen LogP contribution in [0.4, 0.5) is 9.93 Å². The molecule has 0 N–H and O–H groups in total. The SMILES string of the molecule is O=C1OC[C@H]2CN(c3nc4ccc(Cl)cc4s3)CCN12. The number of carbonyl (C=O) groups is 1. The lowest BCUT2D eigenvalue weighted by Crippen LogP contribution is -2.52. The molecule has 0 aliphatic carbocycles. The van der Waals surface area contributed by atoms with Gasteiger partial charge in [-0.2, -0.15) is 0 Å². The number of piperazine rings is 1. The normalized spacial score (nSPS) is 22.2. The predicted molar refractivity (Wildman–Crippen MR) is 78.7 cm³/mol. The summed E-state index contributed by atoms with van der Waals surface area (Å²) in [6.07, 6.45) is -0.189. The van der Waals surface area contributed by atoms with Crippen molar-refractivity contribution in [1.29, 1.82) is 0 Å². The van der Waals surface area contributed by atoms with Gasteiger partial charge in [-0.25, -0.2) is 9.78 Å².